The van der Waals surface area contributed by atoms with E-state index in [1.165, 1.54) is 20.3 Å². The standard InChI is InChI=1S/C17H18ClN3O5S/c1-9(16(24)19-10-4-5-13(25-2)12(18)6-10)27-17-20-11(7-14(22)21-17)8-15(23)26-3/h4-7,9H,8H2,1-3H3,(H,19,24)(H,20,21,22)/t9-/m0/s1. The van der Waals surface area contributed by atoms with Crippen LogP contribution in [-0.4, -0.2) is 41.3 Å². The first kappa shape index (κ1) is 20.8. The third kappa shape index (κ3) is 6.00. The lowest BCUT2D eigenvalue weighted by atomic mass is 10.3. The molecule has 2 N–H and O–H groups in total. The summed E-state index contributed by atoms with van der Waals surface area (Å²) in [6.45, 7) is 1.66. The van der Waals surface area contributed by atoms with Gasteiger partial charge in [0, 0.05) is 11.8 Å². The maximum absolute atomic E-state index is 12.4. The fourth-order valence-electron chi connectivity index (χ4n) is 2.06. The lowest BCUT2D eigenvalue weighted by molar-refractivity contribution is -0.139. The monoisotopic (exact) mass is 411 g/mol. The number of nitrogens with zero attached hydrogens (tertiary/aromatic N) is 1. The number of H-pyrrole nitrogens is 1. The van der Waals surface area contributed by atoms with E-state index in [-0.39, 0.29) is 23.2 Å². The number of benzene rings is 1. The molecule has 0 aliphatic rings. The number of carbonyl (C=O) groups is 2. The summed E-state index contributed by atoms with van der Waals surface area (Å²) in [4.78, 5) is 42.2. The number of thioether (sulfide) groups is 1. The molecule has 0 aliphatic carbocycles. The van der Waals surface area contributed by atoms with Gasteiger partial charge in [-0.15, -0.1) is 0 Å². The summed E-state index contributed by atoms with van der Waals surface area (Å²) in [7, 11) is 2.75. The summed E-state index contributed by atoms with van der Waals surface area (Å²) in [5, 5.41) is 2.77. The Morgan fingerprint density at radius 1 is 1.33 bits per heavy atom. The van der Waals surface area contributed by atoms with Gasteiger partial charge in [0.1, 0.15) is 5.75 Å². The second kappa shape index (κ2) is 9.43. The van der Waals surface area contributed by atoms with Crippen LogP contribution in [0.15, 0.2) is 34.2 Å². The molecule has 0 bridgehead atoms. The molecule has 0 aliphatic heterocycles. The maximum atomic E-state index is 12.4. The first-order valence-corrected chi connectivity index (χ1v) is 9.06. The lowest BCUT2D eigenvalue weighted by Crippen LogP contribution is -2.23. The Labute approximate surface area is 164 Å². The van der Waals surface area contributed by atoms with Crippen LogP contribution in [0.3, 0.4) is 0 Å². The smallest absolute Gasteiger partial charge is 0.311 e. The average molecular weight is 412 g/mol. The third-order valence-electron chi connectivity index (χ3n) is 3.40. The predicted octanol–water partition coefficient (Wildman–Crippen LogP) is 2.27. The van der Waals surface area contributed by atoms with Gasteiger partial charge >= 0.3 is 5.97 Å². The number of hydrogen-bond donors (Lipinski definition) is 2. The predicted molar refractivity (Wildman–Crippen MR) is 103 cm³/mol. The van der Waals surface area contributed by atoms with E-state index in [1.54, 1.807) is 25.1 Å². The number of methoxy groups -OCH3 is 2. The topological polar surface area (TPSA) is 110 Å². The van der Waals surface area contributed by atoms with Crippen molar-refractivity contribution in [2.75, 3.05) is 19.5 Å². The first-order chi connectivity index (χ1) is 12.8. The van der Waals surface area contributed by atoms with Crippen molar-refractivity contribution in [2.24, 2.45) is 0 Å². The number of esters is 1. The molecule has 0 saturated carbocycles. The molecule has 27 heavy (non-hydrogen) atoms. The highest BCUT2D eigenvalue weighted by molar-refractivity contribution is 8.00. The molecule has 1 aromatic carbocycles. The van der Waals surface area contributed by atoms with Crippen LogP contribution in [0.4, 0.5) is 5.69 Å². The third-order valence-corrected chi connectivity index (χ3v) is 4.68. The summed E-state index contributed by atoms with van der Waals surface area (Å²) in [5.74, 6) is -0.310. The molecule has 0 radical (unpaired) electrons. The highest BCUT2D eigenvalue weighted by Crippen LogP contribution is 2.28. The zero-order chi connectivity index (χ0) is 20.0. The van der Waals surface area contributed by atoms with Gasteiger partial charge in [-0.3, -0.25) is 14.4 Å². The van der Waals surface area contributed by atoms with E-state index >= 15 is 0 Å². The molecular weight excluding hydrogens is 394 g/mol. The number of carbonyl (C=O) groups excluding carboxylic acids is 2. The molecule has 144 valence electrons. The Kier molecular flexibility index (Phi) is 7.26. The van der Waals surface area contributed by atoms with Crippen LogP contribution in [0, 0.1) is 0 Å². The van der Waals surface area contributed by atoms with E-state index in [9.17, 15) is 14.4 Å². The number of anilines is 1. The van der Waals surface area contributed by atoms with E-state index in [0.717, 1.165) is 11.8 Å². The number of amides is 1. The van der Waals surface area contributed by atoms with Crippen LogP contribution in [0.2, 0.25) is 5.02 Å². The molecule has 1 atom stereocenters. The number of ether oxygens (including phenoxy) is 2. The van der Waals surface area contributed by atoms with E-state index in [2.05, 4.69) is 20.0 Å². The van der Waals surface area contributed by atoms with Gasteiger partial charge in [-0.05, 0) is 25.1 Å². The van der Waals surface area contributed by atoms with Crippen LogP contribution in [0.25, 0.3) is 0 Å². The highest BCUT2D eigenvalue weighted by Gasteiger charge is 2.17. The Morgan fingerprint density at radius 2 is 2.07 bits per heavy atom. The summed E-state index contributed by atoms with van der Waals surface area (Å²) in [5.41, 5.74) is 0.364. The highest BCUT2D eigenvalue weighted by atomic mass is 35.5. The largest absolute Gasteiger partial charge is 0.495 e. The van der Waals surface area contributed by atoms with E-state index in [1.807, 2.05) is 0 Å². The van der Waals surface area contributed by atoms with Crippen LogP contribution in [0.1, 0.15) is 12.6 Å². The van der Waals surface area contributed by atoms with Gasteiger partial charge in [0.05, 0.1) is 36.6 Å². The number of aromatic amines is 1. The number of nitrogens with one attached hydrogen (secondary N) is 2. The summed E-state index contributed by atoms with van der Waals surface area (Å²) < 4.78 is 9.63. The number of halogens is 1. The second-order valence-corrected chi connectivity index (χ2v) is 7.13. The summed E-state index contributed by atoms with van der Waals surface area (Å²) in [6.07, 6.45) is -0.126. The van der Waals surface area contributed by atoms with Crippen molar-refractivity contribution in [1.82, 2.24) is 9.97 Å². The Hall–Kier alpha value is -2.52. The normalized spacial score (nSPS) is 11.6. The van der Waals surface area contributed by atoms with Crippen LogP contribution >= 0.6 is 23.4 Å². The maximum Gasteiger partial charge on any atom is 0.311 e. The van der Waals surface area contributed by atoms with E-state index in [4.69, 9.17) is 16.3 Å². The minimum absolute atomic E-state index is 0.126. The first-order valence-electron chi connectivity index (χ1n) is 7.80. The van der Waals surface area contributed by atoms with Gasteiger partial charge in [0.2, 0.25) is 5.91 Å². The summed E-state index contributed by atoms with van der Waals surface area (Å²) in [6, 6.07) is 6.10. The Balaban J connectivity index is 2.06. The van der Waals surface area contributed by atoms with Crippen molar-refractivity contribution in [3.8, 4) is 5.75 Å². The van der Waals surface area contributed by atoms with Gasteiger partial charge < -0.3 is 19.8 Å². The molecule has 0 fully saturated rings. The molecule has 0 unspecified atom stereocenters. The molecule has 0 saturated heterocycles. The molecule has 1 aromatic heterocycles. The lowest BCUT2D eigenvalue weighted by Gasteiger charge is -2.12. The molecule has 0 spiro atoms. The Bertz CT molecular complexity index is 902. The molecule has 2 aromatic rings. The minimum Gasteiger partial charge on any atom is -0.495 e. The minimum atomic E-state index is -0.567. The van der Waals surface area contributed by atoms with Crippen molar-refractivity contribution >= 4 is 40.9 Å². The fraction of sp³-hybridized carbons (Fsp3) is 0.294. The molecule has 8 nitrogen and oxygen atoms in total. The van der Waals surface area contributed by atoms with Crippen molar-refractivity contribution < 1.29 is 19.1 Å². The van der Waals surface area contributed by atoms with Crippen molar-refractivity contribution in [2.45, 2.75) is 23.8 Å². The van der Waals surface area contributed by atoms with E-state index in [0.29, 0.717) is 16.5 Å². The SMILES string of the molecule is COC(=O)Cc1cc(=O)[nH]c(S[C@@H](C)C(=O)Nc2ccc(OC)c(Cl)c2)n1. The fourth-order valence-corrected chi connectivity index (χ4v) is 3.15. The van der Waals surface area contributed by atoms with E-state index < -0.39 is 16.8 Å². The van der Waals surface area contributed by atoms with Gasteiger partial charge in [-0.1, -0.05) is 23.4 Å². The molecular formula is C17H18ClN3O5S. The molecule has 2 rings (SSSR count). The zero-order valence-electron chi connectivity index (χ0n) is 14.9. The van der Waals surface area contributed by atoms with Gasteiger partial charge in [-0.25, -0.2) is 4.98 Å². The number of aromatic nitrogens is 2. The summed E-state index contributed by atoms with van der Waals surface area (Å²) >= 11 is 7.10. The van der Waals surface area contributed by atoms with Gasteiger partial charge in [-0.2, -0.15) is 0 Å². The van der Waals surface area contributed by atoms with Gasteiger partial charge in [0.15, 0.2) is 5.16 Å². The van der Waals surface area contributed by atoms with Crippen molar-refractivity contribution in [3.05, 3.63) is 45.3 Å². The van der Waals surface area contributed by atoms with Crippen molar-refractivity contribution in [3.63, 3.8) is 0 Å². The Morgan fingerprint density at radius 3 is 2.70 bits per heavy atom. The average Bonchev–Trinajstić information content (AvgIpc) is 2.61. The molecule has 1 amide bonds. The molecule has 1 heterocycles. The van der Waals surface area contributed by atoms with Crippen LogP contribution in [0.5, 0.6) is 5.75 Å². The van der Waals surface area contributed by atoms with Crippen molar-refractivity contribution in [1.29, 1.82) is 0 Å². The van der Waals surface area contributed by atoms with Gasteiger partial charge in [0.25, 0.3) is 5.56 Å². The quantitative estimate of drug-likeness (QED) is 0.408. The second-order valence-electron chi connectivity index (χ2n) is 5.39. The number of rotatable bonds is 7. The van der Waals surface area contributed by atoms with Crippen LogP contribution < -0.4 is 15.6 Å². The molecule has 10 heteroatoms. The zero-order valence-corrected chi connectivity index (χ0v) is 16.4. The van der Waals surface area contributed by atoms with Crippen LogP contribution in [-0.2, 0) is 20.7 Å². The number of hydrogen-bond acceptors (Lipinski definition) is 7.